The lowest BCUT2D eigenvalue weighted by atomic mass is 10.0. The number of aliphatic hydroxyl groups excluding tert-OH is 2. The summed E-state index contributed by atoms with van der Waals surface area (Å²) >= 11 is 0. The third-order valence-corrected chi connectivity index (χ3v) is 9.16. The summed E-state index contributed by atoms with van der Waals surface area (Å²) in [6.45, 7) is 4.26. The molecule has 266 valence electrons. The van der Waals surface area contributed by atoms with E-state index in [2.05, 4.69) is 31.3 Å². The van der Waals surface area contributed by atoms with Crippen molar-refractivity contribution in [2.45, 2.75) is 225 Å². The zero-order chi connectivity index (χ0) is 32.9. The molecule has 0 aromatic carbocycles. The molecule has 0 aromatic rings. The molecule has 45 heavy (non-hydrogen) atoms. The Labute approximate surface area is 281 Å². The summed E-state index contributed by atoms with van der Waals surface area (Å²) in [6.07, 6.45) is 47.0. The molecule has 0 aliphatic rings. The quantitative estimate of drug-likeness (QED) is 0.0475. The normalized spacial score (nSPS) is 13.2. The number of carbonyl (C=O) groups is 1. The van der Waals surface area contributed by atoms with Gasteiger partial charge in [0.15, 0.2) is 0 Å². The Bertz CT molecular complexity index is 647. The number of rotatable bonds is 36. The summed E-state index contributed by atoms with van der Waals surface area (Å²) in [7, 11) is 0. The van der Waals surface area contributed by atoms with E-state index < -0.39 is 12.1 Å². The Hall–Kier alpha value is -1.13. The second kappa shape index (κ2) is 37.3. The van der Waals surface area contributed by atoms with Gasteiger partial charge in [0, 0.05) is 6.42 Å². The molecule has 0 bridgehead atoms. The number of nitrogens with one attached hydrogen (secondary N) is 1. The number of aliphatic hydroxyl groups is 2. The van der Waals surface area contributed by atoms with E-state index >= 15 is 0 Å². The van der Waals surface area contributed by atoms with Crippen molar-refractivity contribution in [2.75, 3.05) is 6.61 Å². The molecule has 0 radical (unpaired) electrons. The summed E-state index contributed by atoms with van der Waals surface area (Å²) in [6, 6.07) is -0.620. The predicted octanol–water partition coefficient (Wildman–Crippen LogP) is 12.1. The van der Waals surface area contributed by atoms with Crippen LogP contribution in [0.25, 0.3) is 0 Å². The first kappa shape index (κ1) is 43.9. The zero-order valence-corrected chi connectivity index (χ0v) is 30.4. The molecule has 0 aromatic heterocycles. The first-order chi connectivity index (χ1) is 22.2. The minimum Gasteiger partial charge on any atom is -0.394 e. The highest BCUT2D eigenvalue weighted by Gasteiger charge is 2.17. The van der Waals surface area contributed by atoms with Gasteiger partial charge in [0.05, 0.1) is 18.8 Å². The van der Waals surface area contributed by atoms with Gasteiger partial charge < -0.3 is 15.5 Å². The van der Waals surface area contributed by atoms with E-state index in [0.717, 1.165) is 25.7 Å². The molecule has 4 heteroatoms. The number of allylic oxidation sites excluding steroid dienone is 3. The van der Waals surface area contributed by atoms with Gasteiger partial charge >= 0.3 is 0 Å². The maximum atomic E-state index is 12.3. The van der Waals surface area contributed by atoms with E-state index in [1.165, 1.54) is 167 Å². The smallest absolute Gasteiger partial charge is 0.220 e. The van der Waals surface area contributed by atoms with Crippen molar-refractivity contribution in [3.05, 3.63) is 24.3 Å². The molecule has 0 aliphatic heterocycles. The average molecular weight is 634 g/mol. The zero-order valence-electron chi connectivity index (χ0n) is 30.4. The van der Waals surface area contributed by atoms with Gasteiger partial charge in [-0.15, -0.1) is 0 Å². The highest BCUT2D eigenvalue weighted by molar-refractivity contribution is 5.76. The molecular weight excluding hydrogens is 554 g/mol. The number of unbranched alkanes of at least 4 members (excludes halogenated alkanes) is 27. The molecule has 3 N–H and O–H groups in total. The molecule has 0 spiro atoms. The molecule has 1 amide bonds. The summed E-state index contributed by atoms with van der Waals surface area (Å²) in [5.74, 6) is -0.0650. The van der Waals surface area contributed by atoms with Gasteiger partial charge in [-0.05, 0) is 38.5 Å². The summed E-state index contributed by atoms with van der Waals surface area (Å²) < 4.78 is 0. The van der Waals surface area contributed by atoms with Gasteiger partial charge in [0.2, 0.25) is 5.91 Å². The molecule has 0 heterocycles. The van der Waals surface area contributed by atoms with Crippen molar-refractivity contribution in [3.63, 3.8) is 0 Å². The largest absolute Gasteiger partial charge is 0.394 e. The van der Waals surface area contributed by atoms with E-state index in [1.807, 2.05) is 6.08 Å². The van der Waals surface area contributed by atoms with Crippen LogP contribution in [0.2, 0.25) is 0 Å². The average Bonchev–Trinajstić information content (AvgIpc) is 3.04. The topological polar surface area (TPSA) is 69.6 Å². The van der Waals surface area contributed by atoms with Crippen LogP contribution in [0.1, 0.15) is 213 Å². The van der Waals surface area contributed by atoms with Crippen molar-refractivity contribution >= 4 is 5.91 Å². The van der Waals surface area contributed by atoms with Gasteiger partial charge in [0.1, 0.15) is 0 Å². The number of amides is 1. The van der Waals surface area contributed by atoms with Gasteiger partial charge in [-0.1, -0.05) is 192 Å². The van der Waals surface area contributed by atoms with Crippen LogP contribution in [0.3, 0.4) is 0 Å². The van der Waals surface area contributed by atoms with E-state index in [-0.39, 0.29) is 12.5 Å². The third-order valence-electron chi connectivity index (χ3n) is 9.16. The van der Waals surface area contributed by atoms with Crippen LogP contribution >= 0.6 is 0 Å². The van der Waals surface area contributed by atoms with E-state index in [1.54, 1.807) is 6.08 Å². The SMILES string of the molecule is CCC/C=C\CCCCCCCC/C=C/[C@@H](O)[C@H](CO)NC(=O)CCCCCCCCCCCCCCCCCCCCCC. The van der Waals surface area contributed by atoms with E-state index in [4.69, 9.17) is 0 Å². The van der Waals surface area contributed by atoms with Crippen LogP contribution in [0.4, 0.5) is 0 Å². The van der Waals surface area contributed by atoms with Gasteiger partial charge in [-0.2, -0.15) is 0 Å². The van der Waals surface area contributed by atoms with Crippen molar-refractivity contribution in [2.24, 2.45) is 0 Å². The number of carbonyl (C=O) groups excluding carboxylic acids is 1. The van der Waals surface area contributed by atoms with Crippen LogP contribution < -0.4 is 5.32 Å². The summed E-state index contributed by atoms with van der Waals surface area (Å²) in [4.78, 5) is 12.3. The van der Waals surface area contributed by atoms with Crippen molar-refractivity contribution in [3.8, 4) is 0 Å². The Morgan fingerprint density at radius 2 is 0.889 bits per heavy atom. The molecule has 0 saturated heterocycles. The lowest BCUT2D eigenvalue weighted by Crippen LogP contribution is -2.45. The van der Waals surface area contributed by atoms with Crippen LogP contribution in [-0.4, -0.2) is 34.9 Å². The monoisotopic (exact) mass is 634 g/mol. The molecule has 0 saturated carbocycles. The first-order valence-corrected chi connectivity index (χ1v) is 20.1. The maximum absolute atomic E-state index is 12.3. The molecule has 0 aliphatic carbocycles. The lowest BCUT2D eigenvalue weighted by molar-refractivity contribution is -0.123. The first-order valence-electron chi connectivity index (χ1n) is 20.1. The maximum Gasteiger partial charge on any atom is 0.220 e. The van der Waals surface area contributed by atoms with Gasteiger partial charge in [-0.25, -0.2) is 0 Å². The Morgan fingerprint density at radius 3 is 1.31 bits per heavy atom. The van der Waals surface area contributed by atoms with Gasteiger partial charge in [0.25, 0.3) is 0 Å². The van der Waals surface area contributed by atoms with Crippen LogP contribution in [-0.2, 0) is 4.79 Å². The van der Waals surface area contributed by atoms with Crippen molar-refractivity contribution in [1.82, 2.24) is 5.32 Å². The van der Waals surface area contributed by atoms with Crippen molar-refractivity contribution in [1.29, 1.82) is 0 Å². The van der Waals surface area contributed by atoms with E-state index in [9.17, 15) is 15.0 Å². The van der Waals surface area contributed by atoms with Crippen LogP contribution in [0.15, 0.2) is 24.3 Å². The minimum absolute atomic E-state index is 0.0650. The molecule has 0 fully saturated rings. The Morgan fingerprint density at radius 1 is 0.511 bits per heavy atom. The number of hydrogen-bond acceptors (Lipinski definition) is 3. The highest BCUT2D eigenvalue weighted by atomic mass is 16.3. The molecule has 4 nitrogen and oxygen atoms in total. The Kier molecular flexibility index (Phi) is 36.4. The van der Waals surface area contributed by atoms with Gasteiger partial charge in [-0.3, -0.25) is 4.79 Å². The molecule has 0 rings (SSSR count). The lowest BCUT2D eigenvalue weighted by Gasteiger charge is -2.20. The summed E-state index contributed by atoms with van der Waals surface area (Å²) in [5, 5.41) is 22.9. The van der Waals surface area contributed by atoms with Crippen molar-refractivity contribution < 1.29 is 15.0 Å². The second-order valence-corrected chi connectivity index (χ2v) is 13.7. The fourth-order valence-corrected chi connectivity index (χ4v) is 6.06. The van der Waals surface area contributed by atoms with E-state index in [0.29, 0.717) is 6.42 Å². The predicted molar refractivity (Wildman–Crippen MR) is 198 cm³/mol. The molecular formula is C41H79NO3. The fourth-order valence-electron chi connectivity index (χ4n) is 6.06. The highest BCUT2D eigenvalue weighted by Crippen LogP contribution is 2.15. The standard InChI is InChI=1S/C41H79NO3/c1-3-5-7-9-11-13-15-17-18-19-20-21-22-23-25-27-29-31-33-35-37-41(45)42-39(38-43)40(44)36-34-32-30-28-26-24-16-14-12-10-8-6-4-2/h8,10,34,36,39-40,43-44H,3-7,9,11-33,35,37-38H2,1-2H3,(H,42,45)/b10-8-,36-34+/t39-,40+/m0/s1. The third kappa shape index (κ3) is 34.0. The minimum atomic E-state index is -0.838. The molecule has 2 atom stereocenters. The number of hydrogen-bond donors (Lipinski definition) is 3. The molecule has 0 unspecified atom stereocenters. The van der Waals surface area contributed by atoms with Crippen LogP contribution in [0.5, 0.6) is 0 Å². The fraction of sp³-hybridized carbons (Fsp3) is 0.878. The Balaban J connectivity index is 3.54. The summed E-state index contributed by atoms with van der Waals surface area (Å²) in [5.41, 5.74) is 0. The van der Waals surface area contributed by atoms with Crippen LogP contribution in [0, 0.1) is 0 Å². The second-order valence-electron chi connectivity index (χ2n) is 13.7.